The van der Waals surface area contributed by atoms with Gasteiger partial charge in [-0.2, -0.15) is 0 Å². The molecule has 1 aromatic heterocycles. The van der Waals surface area contributed by atoms with Crippen LogP contribution in [0.3, 0.4) is 0 Å². The molecule has 6 heteroatoms. The molecule has 1 N–H and O–H groups in total. The molecule has 0 aliphatic rings. The maximum atomic E-state index is 13.3. The summed E-state index contributed by atoms with van der Waals surface area (Å²) in [7, 11) is 1.78. The Bertz CT molecular complexity index is 501. The minimum atomic E-state index is -0.356. The maximum absolute atomic E-state index is 13.3. The highest BCUT2D eigenvalue weighted by molar-refractivity contribution is 9.10. The molecule has 2 rings (SSSR count). The van der Waals surface area contributed by atoms with Gasteiger partial charge in [-0.15, -0.1) is 10.2 Å². The molecule has 1 heterocycles. The smallest absolute Gasteiger partial charge is 0.249 e. The Hall–Kier alpha value is -1.27. The van der Waals surface area contributed by atoms with Gasteiger partial charge in [-0.25, -0.2) is 4.39 Å². The van der Waals surface area contributed by atoms with Gasteiger partial charge in [-0.1, -0.05) is 6.07 Å². The van der Waals surface area contributed by atoms with Crippen LogP contribution < -0.4 is 5.32 Å². The van der Waals surface area contributed by atoms with Crippen molar-refractivity contribution in [2.24, 2.45) is 0 Å². The van der Waals surface area contributed by atoms with Gasteiger partial charge in [-0.05, 0) is 35.1 Å². The third-order valence-corrected chi connectivity index (χ3v) is 2.78. The Morgan fingerprint density at radius 1 is 1.44 bits per heavy atom. The highest BCUT2D eigenvalue weighted by atomic mass is 79.9. The van der Waals surface area contributed by atoms with E-state index in [2.05, 4.69) is 31.4 Å². The van der Waals surface area contributed by atoms with E-state index < -0.39 is 0 Å². The lowest BCUT2D eigenvalue weighted by molar-refractivity contribution is 0.489. The van der Waals surface area contributed by atoms with E-state index >= 15 is 0 Å². The minimum absolute atomic E-state index is 0.302. The SMILES string of the molecule is CNCc1nnc(-c2cccc(F)c2Br)o1. The van der Waals surface area contributed by atoms with Crippen molar-refractivity contribution in [2.75, 3.05) is 7.05 Å². The summed E-state index contributed by atoms with van der Waals surface area (Å²) in [5.74, 6) is 0.413. The Morgan fingerprint density at radius 2 is 2.25 bits per heavy atom. The second-order valence-electron chi connectivity index (χ2n) is 3.13. The number of halogens is 2. The quantitative estimate of drug-likeness (QED) is 0.941. The van der Waals surface area contributed by atoms with Crippen LogP contribution in [-0.2, 0) is 6.54 Å². The molecule has 0 aliphatic heterocycles. The first kappa shape index (κ1) is 11.2. The normalized spacial score (nSPS) is 10.7. The molecule has 0 unspecified atom stereocenters. The van der Waals surface area contributed by atoms with Crippen LogP contribution in [0.1, 0.15) is 5.89 Å². The van der Waals surface area contributed by atoms with Gasteiger partial charge < -0.3 is 9.73 Å². The average molecular weight is 286 g/mol. The zero-order valence-corrected chi connectivity index (χ0v) is 10.1. The van der Waals surface area contributed by atoms with Crippen molar-refractivity contribution in [1.82, 2.24) is 15.5 Å². The summed E-state index contributed by atoms with van der Waals surface area (Å²) in [4.78, 5) is 0. The second kappa shape index (κ2) is 4.71. The van der Waals surface area contributed by atoms with Gasteiger partial charge in [0.25, 0.3) is 0 Å². The molecule has 84 valence electrons. The third-order valence-electron chi connectivity index (χ3n) is 1.98. The standard InChI is InChI=1S/C10H9BrFN3O/c1-13-5-8-14-15-10(16-8)6-3-2-4-7(12)9(6)11/h2-4,13H,5H2,1H3. The minimum Gasteiger partial charge on any atom is -0.419 e. The van der Waals surface area contributed by atoms with E-state index in [0.29, 0.717) is 28.4 Å². The van der Waals surface area contributed by atoms with Crippen LogP contribution in [-0.4, -0.2) is 17.2 Å². The van der Waals surface area contributed by atoms with Crippen LogP contribution in [0.2, 0.25) is 0 Å². The van der Waals surface area contributed by atoms with Crippen LogP contribution in [0, 0.1) is 5.82 Å². The lowest BCUT2D eigenvalue weighted by Crippen LogP contribution is -2.04. The molecule has 16 heavy (non-hydrogen) atoms. The van der Waals surface area contributed by atoms with E-state index in [1.807, 2.05) is 0 Å². The van der Waals surface area contributed by atoms with E-state index in [9.17, 15) is 4.39 Å². The molecule has 0 radical (unpaired) electrons. The number of hydrogen-bond donors (Lipinski definition) is 1. The zero-order valence-electron chi connectivity index (χ0n) is 8.50. The van der Waals surface area contributed by atoms with Gasteiger partial charge in [0.15, 0.2) is 0 Å². The Kier molecular flexibility index (Phi) is 3.31. The first-order valence-corrected chi connectivity index (χ1v) is 5.43. The molecule has 0 spiro atoms. The molecular weight excluding hydrogens is 277 g/mol. The van der Waals surface area contributed by atoms with E-state index in [1.165, 1.54) is 6.07 Å². The molecule has 4 nitrogen and oxygen atoms in total. The Labute approximate surface area is 100 Å². The van der Waals surface area contributed by atoms with Crippen LogP contribution >= 0.6 is 15.9 Å². The maximum Gasteiger partial charge on any atom is 0.249 e. The molecule has 0 atom stereocenters. The van der Waals surface area contributed by atoms with Crippen LogP contribution in [0.5, 0.6) is 0 Å². The van der Waals surface area contributed by atoms with Gasteiger partial charge >= 0.3 is 0 Å². The lowest BCUT2D eigenvalue weighted by Gasteiger charge is -1.99. The van der Waals surface area contributed by atoms with Gasteiger partial charge in [-0.3, -0.25) is 0 Å². The number of rotatable bonds is 3. The van der Waals surface area contributed by atoms with Gasteiger partial charge in [0, 0.05) is 0 Å². The van der Waals surface area contributed by atoms with Gasteiger partial charge in [0.05, 0.1) is 16.6 Å². The van der Waals surface area contributed by atoms with Crippen molar-refractivity contribution in [3.05, 3.63) is 34.4 Å². The summed E-state index contributed by atoms with van der Waals surface area (Å²) >= 11 is 3.15. The number of nitrogens with one attached hydrogen (secondary N) is 1. The molecule has 2 aromatic rings. The predicted octanol–water partition coefficient (Wildman–Crippen LogP) is 2.36. The summed E-state index contributed by atoms with van der Waals surface area (Å²) < 4.78 is 19.0. The molecule has 0 fully saturated rings. The summed E-state index contributed by atoms with van der Waals surface area (Å²) in [5.41, 5.74) is 0.551. The lowest BCUT2D eigenvalue weighted by atomic mass is 10.2. The molecule has 0 saturated carbocycles. The van der Waals surface area contributed by atoms with E-state index in [4.69, 9.17) is 4.42 Å². The Morgan fingerprint density at radius 3 is 3.00 bits per heavy atom. The topological polar surface area (TPSA) is 51.0 Å². The Balaban J connectivity index is 2.39. The van der Waals surface area contributed by atoms with E-state index in [0.717, 1.165) is 0 Å². The molecular formula is C10H9BrFN3O. The molecule has 0 aliphatic carbocycles. The molecule has 0 bridgehead atoms. The second-order valence-corrected chi connectivity index (χ2v) is 3.93. The third kappa shape index (κ3) is 2.12. The summed E-state index contributed by atoms with van der Waals surface area (Å²) in [5, 5.41) is 10.6. The highest BCUT2D eigenvalue weighted by Crippen LogP contribution is 2.29. The van der Waals surface area contributed by atoms with Crippen molar-refractivity contribution in [3.8, 4) is 11.5 Å². The predicted molar refractivity (Wildman–Crippen MR) is 60.2 cm³/mol. The average Bonchev–Trinajstić information content (AvgIpc) is 2.71. The van der Waals surface area contributed by atoms with Crippen molar-refractivity contribution in [2.45, 2.75) is 6.54 Å². The molecule has 0 saturated heterocycles. The first-order valence-electron chi connectivity index (χ1n) is 4.63. The monoisotopic (exact) mass is 285 g/mol. The fourth-order valence-corrected chi connectivity index (χ4v) is 1.69. The molecule has 0 amide bonds. The van der Waals surface area contributed by atoms with Gasteiger partial charge in [0.1, 0.15) is 5.82 Å². The number of nitrogens with zero attached hydrogens (tertiary/aromatic N) is 2. The summed E-state index contributed by atoms with van der Waals surface area (Å²) in [6, 6.07) is 4.67. The van der Waals surface area contributed by atoms with E-state index in [1.54, 1.807) is 19.2 Å². The zero-order chi connectivity index (χ0) is 11.5. The van der Waals surface area contributed by atoms with Crippen LogP contribution in [0.4, 0.5) is 4.39 Å². The molecule has 1 aromatic carbocycles. The fraction of sp³-hybridized carbons (Fsp3) is 0.200. The van der Waals surface area contributed by atoms with Crippen LogP contribution in [0.15, 0.2) is 27.1 Å². The first-order chi connectivity index (χ1) is 7.72. The summed E-state index contributed by atoms with van der Waals surface area (Å²) in [6.07, 6.45) is 0. The van der Waals surface area contributed by atoms with Crippen molar-refractivity contribution in [3.63, 3.8) is 0 Å². The van der Waals surface area contributed by atoms with Crippen molar-refractivity contribution >= 4 is 15.9 Å². The van der Waals surface area contributed by atoms with Crippen LogP contribution in [0.25, 0.3) is 11.5 Å². The van der Waals surface area contributed by atoms with Gasteiger partial charge in [0.2, 0.25) is 11.8 Å². The highest BCUT2D eigenvalue weighted by Gasteiger charge is 2.13. The van der Waals surface area contributed by atoms with E-state index in [-0.39, 0.29) is 5.82 Å². The number of aromatic nitrogens is 2. The number of benzene rings is 1. The fourth-order valence-electron chi connectivity index (χ4n) is 1.25. The summed E-state index contributed by atoms with van der Waals surface area (Å²) in [6.45, 7) is 0.486. The van der Waals surface area contributed by atoms with Crippen molar-refractivity contribution in [1.29, 1.82) is 0 Å². The number of hydrogen-bond acceptors (Lipinski definition) is 4. The largest absolute Gasteiger partial charge is 0.419 e. The van der Waals surface area contributed by atoms with Crippen molar-refractivity contribution < 1.29 is 8.81 Å².